The highest BCUT2D eigenvalue weighted by molar-refractivity contribution is 9.09. The lowest BCUT2D eigenvalue weighted by Gasteiger charge is -2.34. The Morgan fingerprint density at radius 2 is 2.14 bits per heavy atom. The number of rotatable bonds is 2. The van der Waals surface area contributed by atoms with Crippen LogP contribution in [0.5, 0.6) is 5.88 Å². The molecule has 0 radical (unpaired) electrons. The summed E-state index contributed by atoms with van der Waals surface area (Å²) in [5.74, 6) is 1.31. The number of hydrogen-bond acceptors (Lipinski definition) is 4. The van der Waals surface area contributed by atoms with Crippen LogP contribution in [0.15, 0.2) is 18.2 Å². The first kappa shape index (κ1) is 15.2. The third kappa shape index (κ3) is 2.26. The van der Waals surface area contributed by atoms with Crippen LogP contribution in [0, 0.1) is 12.3 Å². The van der Waals surface area contributed by atoms with Crippen molar-refractivity contribution in [2.45, 2.75) is 32.0 Å². The van der Waals surface area contributed by atoms with Gasteiger partial charge in [-0.2, -0.15) is 10.1 Å². The standard InChI is InChI=1S/C16H18BrN3O2/c1-9-13-10(21)8-16(2,3)15(17)14(13)20(19-9)11-6-5-7-12(18-11)22-4/h5-7,15H,8H2,1-4H3. The molecule has 6 heteroatoms. The lowest BCUT2D eigenvalue weighted by atomic mass is 9.75. The summed E-state index contributed by atoms with van der Waals surface area (Å²) in [6.07, 6.45) is 0.508. The second kappa shape index (κ2) is 5.19. The van der Waals surface area contributed by atoms with Gasteiger partial charge in [0, 0.05) is 12.5 Å². The molecule has 0 saturated carbocycles. The molecule has 0 aromatic carbocycles. The SMILES string of the molecule is COc1cccc(-n2nc(C)c3c2C(Br)C(C)(C)CC3=O)n1. The Labute approximate surface area is 137 Å². The molecule has 0 saturated heterocycles. The Morgan fingerprint density at radius 3 is 2.82 bits per heavy atom. The van der Waals surface area contributed by atoms with Crippen molar-refractivity contribution in [2.24, 2.45) is 5.41 Å². The molecular weight excluding hydrogens is 346 g/mol. The van der Waals surface area contributed by atoms with Crippen LogP contribution in [-0.2, 0) is 0 Å². The van der Waals surface area contributed by atoms with Crippen molar-refractivity contribution in [1.29, 1.82) is 0 Å². The summed E-state index contributed by atoms with van der Waals surface area (Å²) in [7, 11) is 1.58. The van der Waals surface area contributed by atoms with Crippen molar-refractivity contribution in [3.63, 3.8) is 0 Å². The highest BCUT2D eigenvalue weighted by atomic mass is 79.9. The maximum atomic E-state index is 12.5. The molecule has 2 aromatic rings. The van der Waals surface area contributed by atoms with Crippen molar-refractivity contribution in [1.82, 2.24) is 14.8 Å². The molecule has 22 heavy (non-hydrogen) atoms. The van der Waals surface area contributed by atoms with Crippen LogP contribution < -0.4 is 4.74 Å². The average molecular weight is 364 g/mol. The lowest BCUT2D eigenvalue weighted by Crippen LogP contribution is -2.30. The van der Waals surface area contributed by atoms with Gasteiger partial charge in [-0.3, -0.25) is 4.79 Å². The zero-order chi connectivity index (χ0) is 16.1. The summed E-state index contributed by atoms with van der Waals surface area (Å²) in [6, 6.07) is 5.51. The Hall–Kier alpha value is -1.69. The lowest BCUT2D eigenvalue weighted by molar-refractivity contribution is 0.0909. The average Bonchev–Trinajstić information content (AvgIpc) is 2.82. The first-order chi connectivity index (χ1) is 10.3. The second-order valence-electron chi connectivity index (χ2n) is 6.25. The third-order valence-corrected chi connectivity index (χ3v) is 5.73. The monoisotopic (exact) mass is 363 g/mol. The molecule has 0 bridgehead atoms. The number of aromatic nitrogens is 3. The van der Waals surface area contributed by atoms with E-state index in [9.17, 15) is 4.79 Å². The largest absolute Gasteiger partial charge is 0.481 e. The van der Waals surface area contributed by atoms with Gasteiger partial charge >= 0.3 is 0 Å². The number of Topliss-reactive ketones (excluding diaryl/α,β-unsaturated/α-hetero) is 1. The maximum absolute atomic E-state index is 12.5. The Balaban J connectivity index is 2.23. The Bertz CT molecular complexity index is 752. The summed E-state index contributed by atoms with van der Waals surface area (Å²) in [6.45, 7) is 6.03. The van der Waals surface area contributed by atoms with Gasteiger partial charge in [0.05, 0.1) is 28.9 Å². The Morgan fingerprint density at radius 1 is 1.41 bits per heavy atom. The molecule has 0 spiro atoms. The van der Waals surface area contributed by atoms with Crippen molar-refractivity contribution in [3.8, 4) is 11.7 Å². The van der Waals surface area contributed by atoms with Crippen LogP contribution in [0.1, 0.15) is 46.8 Å². The van der Waals surface area contributed by atoms with Gasteiger partial charge in [-0.1, -0.05) is 35.8 Å². The minimum absolute atomic E-state index is 0.0295. The van der Waals surface area contributed by atoms with Crippen molar-refractivity contribution < 1.29 is 9.53 Å². The summed E-state index contributed by atoms with van der Waals surface area (Å²) >= 11 is 3.76. The molecule has 5 nitrogen and oxygen atoms in total. The van der Waals surface area contributed by atoms with Gasteiger partial charge in [0.2, 0.25) is 5.88 Å². The van der Waals surface area contributed by atoms with Gasteiger partial charge in [0.15, 0.2) is 11.6 Å². The van der Waals surface area contributed by atoms with Crippen LogP contribution in [0.3, 0.4) is 0 Å². The first-order valence-electron chi connectivity index (χ1n) is 7.13. The predicted molar refractivity (Wildman–Crippen MR) is 87.0 cm³/mol. The molecule has 0 fully saturated rings. The minimum Gasteiger partial charge on any atom is -0.481 e. The van der Waals surface area contributed by atoms with Crippen LogP contribution in [0.4, 0.5) is 0 Å². The van der Waals surface area contributed by atoms with Gasteiger partial charge in [-0.15, -0.1) is 0 Å². The van der Waals surface area contributed by atoms with E-state index in [0.29, 0.717) is 23.7 Å². The zero-order valence-corrected chi connectivity index (χ0v) is 14.6. The number of methoxy groups -OCH3 is 1. The number of pyridine rings is 1. The minimum atomic E-state index is -0.173. The topological polar surface area (TPSA) is 57.0 Å². The van der Waals surface area contributed by atoms with Gasteiger partial charge in [0.1, 0.15) is 0 Å². The fourth-order valence-corrected chi connectivity index (χ4v) is 3.48. The molecule has 1 aliphatic rings. The number of ether oxygens (including phenoxy) is 1. The summed E-state index contributed by atoms with van der Waals surface area (Å²) < 4.78 is 6.94. The number of carbonyl (C=O) groups excluding carboxylic acids is 1. The number of hydrogen-bond donors (Lipinski definition) is 0. The van der Waals surface area contributed by atoms with E-state index in [0.717, 1.165) is 11.4 Å². The van der Waals surface area contributed by atoms with E-state index >= 15 is 0 Å². The fourth-order valence-electron chi connectivity index (χ4n) is 2.90. The molecular formula is C16H18BrN3O2. The van der Waals surface area contributed by atoms with Crippen molar-refractivity contribution in [3.05, 3.63) is 35.2 Å². The van der Waals surface area contributed by atoms with Crippen LogP contribution in [-0.4, -0.2) is 27.7 Å². The van der Waals surface area contributed by atoms with Crippen LogP contribution in [0.2, 0.25) is 0 Å². The molecule has 116 valence electrons. The van der Waals surface area contributed by atoms with Crippen LogP contribution in [0.25, 0.3) is 5.82 Å². The summed E-state index contributed by atoms with van der Waals surface area (Å²) in [5, 5.41) is 4.55. The molecule has 0 N–H and O–H groups in total. The quantitative estimate of drug-likeness (QED) is 0.764. The first-order valence-corrected chi connectivity index (χ1v) is 8.05. The molecule has 1 atom stereocenters. The number of ketones is 1. The van der Waals surface area contributed by atoms with E-state index in [-0.39, 0.29) is 16.0 Å². The summed E-state index contributed by atoms with van der Waals surface area (Å²) in [4.78, 5) is 17.0. The van der Waals surface area contributed by atoms with E-state index in [1.54, 1.807) is 17.9 Å². The predicted octanol–water partition coefficient (Wildman–Crippen LogP) is 3.63. The number of alkyl halides is 1. The number of fused-ring (bicyclic) bond motifs is 1. The second-order valence-corrected chi connectivity index (χ2v) is 7.16. The molecule has 1 unspecified atom stereocenters. The van der Waals surface area contributed by atoms with E-state index in [1.807, 2.05) is 19.1 Å². The normalized spacial score (nSPS) is 19.9. The van der Waals surface area contributed by atoms with Gasteiger partial charge in [-0.05, 0) is 18.4 Å². The number of aryl methyl sites for hydroxylation is 1. The molecule has 2 heterocycles. The molecule has 1 aliphatic carbocycles. The highest BCUT2D eigenvalue weighted by Gasteiger charge is 2.42. The van der Waals surface area contributed by atoms with E-state index < -0.39 is 0 Å². The molecule has 0 aliphatic heterocycles. The van der Waals surface area contributed by atoms with Gasteiger partial charge in [-0.25, -0.2) is 4.68 Å². The molecule has 0 amide bonds. The Kier molecular flexibility index (Phi) is 3.59. The highest BCUT2D eigenvalue weighted by Crippen LogP contribution is 2.49. The van der Waals surface area contributed by atoms with E-state index in [1.165, 1.54) is 0 Å². The van der Waals surface area contributed by atoms with Crippen molar-refractivity contribution >= 4 is 21.7 Å². The zero-order valence-electron chi connectivity index (χ0n) is 13.1. The number of carbonyl (C=O) groups is 1. The van der Waals surface area contributed by atoms with Crippen molar-refractivity contribution in [2.75, 3.05) is 7.11 Å². The fraction of sp³-hybridized carbons (Fsp3) is 0.438. The van der Waals surface area contributed by atoms with Gasteiger partial charge < -0.3 is 4.74 Å². The van der Waals surface area contributed by atoms with Gasteiger partial charge in [0.25, 0.3) is 0 Å². The molecule has 3 rings (SSSR count). The number of nitrogens with zero attached hydrogens (tertiary/aromatic N) is 3. The third-order valence-electron chi connectivity index (χ3n) is 4.05. The van der Waals surface area contributed by atoms with E-state index in [2.05, 4.69) is 39.9 Å². The molecule has 2 aromatic heterocycles. The van der Waals surface area contributed by atoms with Crippen LogP contribution >= 0.6 is 15.9 Å². The smallest absolute Gasteiger partial charge is 0.214 e. The van der Waals surface area contributed by atoms with E-state index in [4.69, 9.17) is 4.74 Å². The summed E-state index contributed by atoms with van der Waals surface area (Å²) in [5.41, 5.74) is 2.16. The number of halogens is 1. The maximum Gasteiger partial charge on any atom is 0.214 e.